The van der Waals surface area contributed by atoms with E-state index in [9.17, 15) is 0 Å². The van der Waals surface area contributed by atoms with Crippen LogP contribution in [0, 0.1) is 5.92 Å². The lowest BCUT2D eigenvalue weighted by Gasteiger charge is -2.19. The molecule has 2 unspecified atom stereocenters. The standard InChI is InChI=1S/C11H15ClN2/c12-8-9-2-1-3-11(9)14-10-4-6-13-7-5-10/h4-7,9,11H,1-3,8H2,(H,13,14). The van der Waals surface area contributed by atoms with E-state index in [4.69, 9.17) is 11.6 Å². The Kier molecular flexibility index (Phi) is 3.25. The van der Waals surface area contributed by atoms with Gasteiger partial charge in [-0.05, 0) is 30.9 Å². The molecule has 1 aliphatic rings. The molecule has 1 aromatic heterocycles. The topological polar surface area (TPSA) is 24.9 Å². The third kappa shape index (κ3) is 2.18. The first-order valence-electron chi connectivity index (χ1n) is 5.12. The largest absolute Gasteiger partial charge is 0.382 e. The predicted molar refractivity (Wildman–Crippen MR) is 59.7 cm³/mol. The van der Waals surface area contributed by atoms with E-state index in [1.165, 1.54) is 19.3 Å². The van der Waals surface area contributed by atoms with Crippen LogP contribution in [-0.2, 0) is 0 Å². The van der Waals surface area contributed by atoms with Gasteiger partial charge in [0.1, 0.15) is 0 Å². The molecule has 1 N–H and O–H groups in total. The number of hydrogen-bond donors (Lipinski definition) is 1. The minimum absolute atomic E-state index is 0.551. The van der Waals surface area contributed by atoms with E-state index in [1.807, 2.05) is 24.5 Å². The average Bonchev–Trinajstić information content (AvgIpc) is 2.67. The van der Waals surface area contributed by atoms with Gasteiger partial charge >= 0.3 is 0 Å². The molecule has 3 heteroatoms. The van der Waals surface area contributed by atoms with Crippen LogP contribution < -0.4 is 5.32 Å². The van der Waals surface area contributed by atoms with Crippen molar-refractivity contribution in [3.05, 3.63) is 24.5 Å². The van der Waals surface area contributed by atoms with Gasteiger partial charge in [-0.3, -0.25) is 4.98 Å². The van der Waals surface area contributed by atoms with E-state index in [-0.39, 0.29) is 0 Å². The Morgan fingerprint density at radius 2 is 2.14 bits per heavy atom. The molecule has 1 saturated carbocycles. The lowest BCUT2D eigenvalue weighted by Crippen LogP contribution is -2.24. The maximum Gasteiger partial charge on any atom is 0.0373 e. The van der Waals surface area contributed by atoms with Gasteiger partial charge in [0.25, 0.3) is 0 Å². The van der Waals surface area contributed by atoms with Gasteiger partial charge in [0.2, 0.25) is 0 Å². The molecule has 2 nitrogen and oxygen atoms in total. The highest BCUT2D eigenvalue weighted by molar-refractivity contribution is 6.18. The summed E-state index contributed by atoms with van der Waals surface area (Å²) in [5.41, 5.74) is 1.15. The number of hydrogen-bond acceptors (Lipinski definition) is 2. The van der Waals surface area contributed by atoms with Gasteiger partial charge in [0, 0.05) is 30.0 Å². The smallest absolute Gasteiger partial charge is 0.0373 e. The average molecular weight is 211 g/mol. The van der Waals surface area contributed by atoms with Crippen LogP contribution in [0.3, 0.4) is 0 Å². The summed E-state index contributed by atoms with van der Waals surface area (Å²) >= 11 is 5.92. The van der Waals surface area contributed by atoms with Crippen LogP contribution in [0.15, 0.2) is 24.5 Å². The molecule has 0 saturated heterocycles. The number of nitrogens with one attached hydrogen (secondary N) is 1. The number of aromatic nitrogens is 1. The molecule has 1 heterocycles. The highest BCUT2D eigenvalue weighted by atomic mass is 35.5. The first kappa shape index (κ1) is 9.78. The fourth-order valence-corrected chi connectivity index (χ4v) is 2.44. The van der Waals surface area contributed by atoms with E-state index in [2.05, 4.69) is 10.3 Å². The Morgan fingerprint density at radius 3 is 2.86 bits per heavy atom. The molecular formula is C11H15ClN2. The van der Waals surface area contributed by atoms with Crippen molar-refractivity contribution in [1.82, 2.24) is 4.98 Å². The highest BCUT2D eigenvalue weighted by Gasteiger charge is 2.25. The minimum atomic E-state index is 0.551. The van der Waals surface area contributed by atoms with Crippen LogP contribution in [0.25, 0.3) is 0 Å². The van der Waals surface area contributed by atoms with E-state index >= 15 is 0 Å². The van der Waals surface area contributed by atoms with E-state index in [1.54, 1.807) is 0 Å². The molecule has 0 aliphatic heterocycles. The zero-order valence-corrected chi connectivity index (χ0v) is 8.87. The number of pyridine rings is 1. The SMILES string of the molecule is ClCC1CCCC1Nc1ccncc1. The first-order valence-corrected chi connectivity index (χ1v) is 5.66. The van der Waals surface area contributed by atoms with Crippen LogP contribution in [-0.4, -0.2) is 16.9 Å². The molecule has 14 heavy (non-hydrogen) atoms. The van der Waals surface area contributed by atoms with Crippen LogP contribution in [0.1, 0.15) is 19.3 Å². The fourth-order valence-electron chi connectivity index (χ4n) is 2.07. The first-order chi connectivity index (χ1) is 6.90. The summed E-state index contributed by atoms with van der Waals surface area (Å²) in [5, 5.41) is 3.52. The second-order valence-corrected chi connectivity index (χ2v) is 4.14. The number of anilines is 1. The molecule has 2 atom stereocenters. The maximum absolute atomic E-state index is 5.92. The normalized spacial score (nSPS) is 26.4. The Bertz CT molecular complexity index is 276. The summed E-state index contributed by atoms with van der Waals surface area (Å²) in [4.78, 5) is 3.99. The number of halogens is 1. The Balaban J connectivity index is 1.97. The molecule has 1 aromatic rings. The molecular weight excluding hydrogens is 196 g/mol. The van der Waals surface area contributed by atoms with Crippen molar-refractivity contribution in [2.45, 2.75) is 25.3 Å². The molecule has 0 radical (unpaired) electrons. The quantitative estimate of drug-likeness (QED) is 0.777. The van der Waals surface area contributed by atoms with Gasteiger partial charge < -0.3 is 5.32 Å². The van der Waals surface area contributed by atoms with Gasteiger partial charge in [0.15, 0.2) is 0 Å². The zero-order valence-electron chi connectivity index (χ0n) is 8.12. The van der Waals surface area contributed by atoms with Gasteiger partial charge in [0.05, 0.1) is 0 Å². The summed E-state index contributed by atoms with van der Waals surface area (Å²) in [5.74, 6) is 1.40. The number of alkyl halides is 1. The van der Waals surface area contributed by atoms with Gasteiger partial charge in [-0.2, -0.15) is 0 Å². The van der Waals surface area contributed by atoms with E-state index in [0.29, 0.717) is 12.0 Å². The summed E-state index contributed by atoms with van der Waals surface area (Å²) in [6.07, 6.45) is 7.41. The third-order valence-corrected chi connectivity index (χ3v) is 3.29. The van der Waals surface area contributed by atoms with Crippen LogP contribution >= 0.6 is 11.6 Å². The molecule has 2 rings (SSSR count). The summed E-state index contributed by atoms with van der Waals surface area (Å²) in [6, 6.07) is 4.56. The van der Waals surface area contributed by atoms with Crippen molar-refractivity contribution < 1.29 is 0 Å². The Labute approximate surface area is 89.7 Å². The second-order valence-electron chi connectivity index (χ2n) is 3.83. The predicted octanol–water partition coefficient (Wildman–Crippen LogP) is 2.90. The summed E-state index contributed by atoms with van der Waals surface area (Å²) in [7, 11) is 0. The number of nitrogens with zero attached hydrogens (tertiary/aromatic N) is 1. The van der Waals surface area contributed by atoms with Crippen molar-refractivity contribution in [3.63, 3.8) is 0 Å². The van der Waals surface area contributed by atoms with Crippen molar-refractivity contribution in [1.29, 1.82) is 0 Å². The van der Waals surface area contributed by atoms with Gasteiger partial charge in [-0.25, -0.2) is 0 Å². The highest BCUT2D eigenvalue weighted by Crippen LogP contribution is 2.29. The van der Waals surface area contributed by atoms with Gasteiger partial charge in [-0.15, -0.1) is 11.6 Å². The molecule has 1 fully saturated rings. The zero-order chi connectivity index (χ0) is 9.80. The Hall–Kier alpha value is -0.760. The molecule has 0 bridgehead atoms. The van der Waals surface area contributed by atoms with Crippen molar-refractivity contribution in [3.8, 4) is 0 Å². The van der Waals surface area contributed by atoms with E-state index in [0.717, 1.165) is 11.6 Å². The molecule has 1 aliphatic carbocycles. The van der Waals surface area contributed by atoms with Crippen molar-refractivity contribution in [2.75, 3.05) is 11.2 Å². The maximum atomic E-state index is 5.92. The third-order valence-electron chi connectivity index (χ3n) is 2.89. The molecule has 0 spiro atoms. The lowest BCUT2D eigenvalue weighted by molar-refractivity contribution is 0.562. The minimum Gasteiger partial charge on any atom is -0.382 e. The molecule has 0 amide bonds. The van der Waals surface area contributed by atoms with Crippen molar-refractivity contribution in [2.24, 2.45) is 5.92 Å². The van der Waals surface area contributed by atoms with Crippen LogP contribution in [0.2, 0.25) is 0 Å². The molecule has 76 valence electrons. The second kappa shape index (κ2) is 4.65. The van der Waals surface area contributed by atoms with Crippen molar-refractivity contribution >= 4 is 17.3 Å². The van der Waals surface area contributed by atoms with Crippen LogP contribution in [0.5, 0.6) is 0 Å². The van der Waals surface area contributed by atoms with E-state index < -0.39 is 0 Å². The molecule has 0 aromatic carbocycles. The summed E-state index contributed by atoms with van der Waals surface area (Å²) in [6.45, 7) is 0. The van der Waals surface area contributed by atoms with Gasteiger partial charge in [-0.1, -0.05) is 6.42 Å². The fraction of sp³-hybridized carbons (Fsp3) is 0.545. The summed E-state index contributed by atoms with van der Waals surface area (Å²) < 4.78 is 0. The monoisotopic (exact) mass is 210 g/mol. The lowest BCUT2D eigenvalue weighted by atomic mass is 10.1. The Morgan fingerprint density at radius 1 is 1.36 bits per heavy atom. The van der Waals surface area contributed by atoms with Crippen LogP contribution in [0.4, 0.5) is 5.69 Å². The number of rotatable bonds is 3.